The van der Waals surface area contributed by atoms with E-state index in [2.05, 4.69) is 46.5 Å². The maximum absolute atomic E-state index is 4.48. The van der Waals surface area contributed by atoms with E-state index in [-0.39, 0.29) is 6.04 Å². The molecule has 1 N–H and O–H groups in total. The van der Waals surface area contributed by atoms with Gasteiger partial charge in [-0.05, 0) is 30.5 Å². The molecule has 1 heterocycles. The molecule has 0 fully saturated rings. The van der Waals surface area contributed by atoms with Gasteiger partial charge in [0.25, 0.3) is 0 Å². The third-order valence-corrected chi connectivity index (χ3v) is 3.81. The number of benzene rings is 1. The number of hydrogen-bond acceptors (Lipinski definition) is 3. The predicted octanol–water partition coefficient (Wildman–Crippen LogP) is 2.86. The fraction of sp³-hybridized carbons (Fsp3) is 0.375. The highest BCUT2D eigenvalue weighted by atomic mass is 15.0. The Morgan fingerprint density at radius 1 is 1.32 bits per heavy atom. The molecule has 0 saturated heterocycles. The van der Waals surface area contributed by atoms with E-state index in [0.717, 1.165) is 25.1 Å². The first-order valence-corrected chi connectivity index (χ1v) is 6.97. The first-order valence-electron chi connectivity index (χ1n) is 6.97. The van der Waals surface area contributed by atoms with Crippen LogP contribution >= 0.6 is 0 Å². The monoisotopic (exact) mass is 253 g/mol. The lowest BCUT2D eigenvalue weighted by Gasteiger charge is -2.36. The minimum Gasteiger partial charge on any atom is -0.308 e. The second-order valence-electron chi connectivity index (χ2n) is 5.07. The molecular weight excluding hydrogens is 234 g/mol. The average Bonchev–Trinajstić information content (AvgIpc) is 2.45. The highest BCUT2D eigenvalue weighted by molar-refractivity contribution is 5.42. The maximum atomic E-state index is 4.48. The summed E-state index contributed by atoms with van der Waals surface area (Å²) >= 11 is 0. The third-order valence-electron chi connectivity index (χ3n) is 3.81. The van der Waals surface area contributed by atoms with Gasteiger partial charge in [-0.15, -0.1) is 0 Å². The highest BCUT2D eigenvalue weighted by Crippen LogP contribution is 2.42. The van der Waals surface area contributed by atoms with E-state index in [0.29, 0.717) is 5.92 Å². The molecule has 0 aliphatic heterocycles. The summed E-state index contributed by atoms with van der Waals surface area (Å²) in [6.07, 6.45) is 7.66. The molecule has 2 aromatic rings. The zero-order chi connectivity index (χ0) is 13.1. The summed E-state index contributed by atoms with van der Waals surface area (Å²) in [6.45, 7) is 3.20. The Bertz CT molecular complexity index is 539. The lowest BCUT2D eigenvalue weighted by Crippen LogP contribution is -2.34. The first-order chi connectivity index (χ1) is 9.40. The Labute approximate surface area is 114 Å². The van der Waals surface area contributed by atoms with Crippen molar-refractivity contribution in [3.8, 4) is 0 Å². The third kappa shape index (κ3) is 2.38. The second kappa shape index (κ2) is 5.49. The van der Waals surface area contributed by atoms with Crippen molar-refractivity contribution < 1.29 is 0 Å². The van der Waals surface area contributed by atoms with Crippen LogP contribution in [0.4, 0.5) is 0 Å². The number of hydrogen-bond donors (Lipinski definition) is 1. The minimum absolute atomic E-state index is 0.281. The molecule has 1 aliphatic carbocycles. The molecule has 0 radical (unpaired) electrons. The van der Waals surface area contributed by atoms with Crippen LogP contribution in [-0.4, -0.2) is 16.5 Å². The molecule has 1 aromatic heterocycles. The Morgan fingerprint density at radius 2 is 2.21 bits per heavy atom. The Balaban J connectivity index is 1.85. The molecule has 2 atom stereocenters. The summed E-state index contributed by atoms with van der Waals surface area (Å²) in [5, 5.41) is 3.63. The zero-order valence-corrected chi connectivity index (χ0v) is 11.2. The minimum atomic E-state index is 0.281. The lowest BCUT2D eigenvalue weighted by molar-refractivity contribution is 0.403. The van der Waals surface area contributed by atoms with Gasteiger partial charge in [0.1, 0.15) is 0 Å². The molecule has 1 aliphatic rings. The summed E-state index contributed by atoms with van der Waals surface area (Å²) < 4.78 is 0. The van der Waals surface area contributed by atoms with E-state index in [1.807, 2.05) is 6.20 Å². The molecule has 2 unspecified atom stereocenters. The van der Waals surface area contributed by atoms with E-state index >= 15 is 0 Å². The number of aromatic nitrogens is 2. The SMILES string of the molecule is CCCNC(c1cnccn1)C1Cc2ccccc21. The van der Waals surface area contributed by atoms with Gasteiger partial charge < -0.3 is 5.32 Å². The van der Waals surface area contributed by atoms with Crippen molar-refractivity contribution in [3.63, 3.8) is 0 Å². The van der Waals surface area contributed by atoms with Crippen LogP contribution < -0.4 is 5.32 Å². The van der Waals surface area contributed by atoms with Crippen LogP contribution in [0.5, 0.6) is 0 Å². The van der Waals surface area contributed by atoms with Gasteiger partial charge in [0.15, 0.2) is 0 Å². The van der Waals surface area contributed by atoms with Gasteiger partial charge in [0.05, 0.1) is 11.7 Å². The normalized spacial score (nSPS) is 18.5. The fourth-order valence-electron chi connectivity index (χ4n) is 2.82. The van der Waals surface area contributed by atoms with Crippen molar-refractivity contribution in [2.45, 2.75) is 31.7 Å². The van der Waals surface area contributed by atoms with Gasteiger partial charge in [-0.25, -0.2) is 0 Å². The van der Waals surface area contributed by atoms with Crippen molar-refractivity contribution in [3.05, 3.63) is 59.7 Å². The van der Waals surface area contributed by atoms with E-state index in [1.54, 1.807) is 12.4 Å². The molecule has 3 heteroatoms. The highest BCUT2D eigenvalue weighted by Gasteiger charge is 2.33. The van der Waals surface area contributed by atoms with Crippen LogP contribution in [0.1, 0.15) is 42.1 Å². The summed E-state index contributed by atoms with van der Waals surface area (Å²) in [5.74, 6) is 0.527. The van der Waals surface area contributed by atoms with Crippen LogP contribution in [0.25, 0.3) is 0 Å². The van der Waals surface area contributed by atoms with Crippen molar-refractivity contribution in [1.82, 2.24) is 15.3 Å². The standard InChI is InChI=1S/C16H19N3/c1-2-7-19-16(15-11-17-8-9-18-15)14-10-12-5-3-4-6-13(12)14/h3-6,8-9,11,14,16,19H,2,7,10H2,1H3. The molecule has 1 aromatic carbocycles. The van der Waals surface area contributed by atoms with Crippen LogP contribution in [-0.2, 0) is 6.42 Å². The van der Waals surface area contributed by atoms with E-state index in [4.69, 9.17) is 0 Å². The van der Waals surface area contributed by atoms with Crippen molar-refractivity contribution in [2.75, 3.05) is 6.54 Å². The molecule has 0 spiro atoms. The number of nitrogens with zero attached hydrogens (tertiary/aromatic N) is 2. The van der Waals surface area contributed by atoms with E-state index < -0.39 is 0 Å². The van der Waals surface area contributed by atoms with Crippen molar-refractivity contribution in [1.29, 1.82) is 0 Å². The predicted molar refractivity (Wildman–Crippen MR) is 76.0 cm³/mol. The molecule has 98 valence electrons. The molecule has 0 amide bonds. The van der Waals surface area contributed by atoms with Crippen LogP contribution in [0.2, 0.25) is 0 Å². The fourth-order valence-corrected chi connectivity index (χ4v) is 2.82. The van der Waals surface area contributed by atoms with Crippen LogP contribution in [0, 0.1) is 0 Å². The number of rotatable bonds is 5. The average molecular weight is 253 g/mol. The number of fused-ring (bicyclic) bond motifs is 1. The van der Waals surface area contributed by atoms with Gasteiger partial charge in [-0.3, -0.25) is 9.97 Å². The van der Waals surface area contributed by atoms with E-state index in [9.17, 15) is 0 Å². The van der Waals surface area contributed by atoms with Crippen LogP contribution in [0.3, 0.4) is 0 Å². The van der Waals surface area contributed by atoms with Gasteiger partial charge in [0.2, 0.25) is 0 Å². The zero-order valence-electron chi connectivity index (χ0n) is 11.2. The smallest absolute Gasteiger partial charge is 0.0762 e. The summed E-state index contributed by atoms with van der Waals surface area (Å²) in [7, 11) is 0. The Morgan fingerprint density at radius 3 is 2.95 bits per heavy atom. The van der Waals surface area contributed by atoms with Gasteiger partial charge >= 0.3 is 0 Å². The second-order valence-corrected chi connectivity index (χ2v) is 5.07. The summed E-state index contributed by atoms with van der Waals surface area (Å²) in [5.41, 5.74) is 3.98. The Hall–Kier alpha value is -1.74. The Kier molecular flexibility index (Phi) is 3.56. The van der Waals surface area contributed by atoms with Gasteiger partial charge in [0, 0.05) is 24.5 Å². The maximum Gasteiger partial charge on any atom is 0.0762 e. The molecule has 3 rings (SSSR count). The van der Waals surface area contributed by atoms with Gasteiger partial charge in [-0.1, -0.05) is 31.2 Å². The lowest BCUT2D eigenvalue weighted by atomic mass is 9.72. The van der Waals surface area contributed by atoms with Crippen LogP contribution in [0.15, 0.2) is 42.9 Å². The largest absolute Gasteiger partial charge is 0.308 e. The molecule has 0 bridgehead atoms. The van der Waals surface area contributed by atoms with Crippen molar-refractivity contribution in [2.24, 2.45) is 0 Å². The summed E-state index contributed by atoms with van der Waals surface area (Å²) in [4.78, 5) is 8.69. The van der Waals surface area contributed by atoms with Crippen molar-refractivity contribution >= 4 is 0 Å². The molecule has 19 heavy (non-hydrogen) atoms. The number of nitrogens with one attached hydrogen (secondary N) is 1. The topological polar surface area (TPSA) is 37.8 Å². The molecule has 3 nitrogen and oxygen atoms in total. The molecule has 0 saturated carbocycles. The summed E-state index contributed by atoms with van der Waals surface area (Å²) in [6, 6.07) is 8.98. The van der Waals surface area contributed by atoms with E-state index in [1.165, 1.54) is 11.1 Å². The molecular formula is C16H19N3. The van der Waals surface area contributed by atoms with Gasteiger partial charge in [-0.2, -0.15) is 0 Å². The quantitative estimate of drug-likeness (QED) is 0.890. The first kappa shape index (κ1) is 12.3.